The minimum atomic E-state index is 0. The molecule has 25 heavy (non-hydrogen) atoms. The van der Waals surface area contributed by atoms with E-state index in [4.69, 9.17) is 0 Å². The van der Waals surface area contributed by atoms with Gasteiger partial charge in [-0.2, -0.15) is 5.10 Å². The van der Waals surface area contributed by atoms with E-state index in [-0.39, 0.29) is 24.0 Å². The van der Waals surface area contributed by atoms with Crippen LogP contribution in [0.3, 0.4) is 0 Å². The van der Waals surface area contributed by atoms with Gasteiger partial charge < -0.3 is 15.5 Å². The highest BCUT2D eigenvalue weighted by Crippen LogP contribution is 2.12. The summed E-state index contributed by atoms with van der Waals surface area (Å²) in [5.74, 6) is 0.786. The SMILES string of the molecule is CN=C(NCc1ccc(N(C)C)cc1)NCc1c(C)nn(C)c1C.I. The van der Waals surface area contributed by atoms with E-state index in [9.17, 15) is 0 Å². The molecule has 6 nitrogen and oxygen atoms in total. The quantitative estimate of drug-likeness (QED) is 0.413. The molecule has 0 spiro atoms. The van der Waals surface area contributed by atoms with Gasteiger partial charge in [-0.1, -0.05) is 12.1 Å². The van der Waals surface area contributed by atoms with Crippen molar-refractivity contribution in [1.29, 1.82) is 0 Å². The highest BCUT2D eigenvalue weighted by atomic mass is 127. The van der Waals surface area contributed by atoms with E-state index < -0.39 is 0 Å². The zero-order valence-electron chi connectivity index (χ0n) is 15.9. The Morgan fingerprint density at radius 3 is 2.20 bits per heavy atom. The summed E-state index contributed by atoms with van der Waals surface area (Å²) < 4.78 is 1.91. The first-order valence-corrected chi connectivity index (χ1v) is 8.12. The van der Waals surface area contributed by atoms with Crippen LogP contribution in [-0.4, -0.2) is 36.9 Å². The van der Waals surface area contributed by atoms with Gasteiger partial charge in [0.2, 0.25) is 0 Å². The summed E-state index contributed by atoms with van der Waals surface area (Å²) in [5, 5.41) is 11.1. The van der Waals surface area contributed by atoms with Crippen LogP contribution < -0.4 is 15.5 Å². The number of aliphatic imine (C=N–C) groups is 1. The van der Waals surface area contributed by atoms with Gasteiger partial charge in [0.1, 0.15) is 0 Å². The lowest BCUT2D eigenvalue weighted by atomic mass is 10.2. The maximum absolute atomic E-state index is 4.44. The number of halogens is 1. The lowest BCUT2D eigenvalue weighted by Crippen LogP contribution is -2.36. The monoisotopic (exact) mass is 456 g/mol. The molecule has 0 amide bonds. The molecule has 1 heterocycles. The molecule has 0 atom stereocenters. The second-order valence-electron chi connectivity index (χ2n) is 6.11. The number of anilines is 1. The van der Waals surface area contributed by atoms with Crippen LogP contribution in [0.2, 0.25) is 0 Å². The zero-order chi connectivity index (χ0) is 17.7. The number of aromatic nitrogens is 2. The third kappa shape index (κ3) is 5.62. The molecule has 0 unspecified atom stereocenters. The molecule has 138 valence electrons. The normalized spacial score (nSPS) is 11.0. The molecule has 1 aromatic carbocycles. The van der Waals surface area contributed by atoms with Crippen molar-refractivity contribution < 1.29 is 0 Å². The van der Waals surface area contributed by atoms with Gasteiger partial charge in [-0.05, 0) is 31.5 Å². The Bertz CT molecular complexity index is 703. The lowest BCUT2D eigenvalue weighted by molar-refractivity contribution is 0.728. The van der Waals surface area contributed by atoms with Crippen molar-refractivity contribution in [2.24, 2.45) is 12.0 Å². The van der Waals surface area contributed by atoms with Crippen molar-refractivity contribution in [2.45, 2.75) is 26.9 Å². The number of hydrogen-bond donors (Lipinski definition) is 2. The summed E-state index contributed by atoms with van der Waals surface area (Å²) in [6, 6.07) is 8.50. The Labute approximate surface area is 167 Å². The number of nitrogens with zero attached hydrogens (tertiary/aromatic N) is 4. The van der Waals surface area contributed by atoms with Crippen LogP contribution in [0.1, 0.15) is 22.5 Å². The molecule has 2 aromatic rings. The summed E-state index contributed by atoms with van der Waals surface area (Å²) >= 11 is 0. The van der Waals surface area contributed by atoms with Crippen LogP contribution >= 0.6 is 24.0 Å². The van der Waals surface area contributed by atoms with Gasteiger partial charge >= 0.3 is 0 Å². The number of aryl methyl sites for hydroxylation is 2. The topological polar surface area (TPSA) is 57.5 Å². The fourth-order valence-electron chi connectivity index (χ4n) is 2.56. The number of rotatable bonds is 5. The molecule has 0 aliphatic carbocycles. The third-order valence-corrected chi connectivity index (χ3v) is 4.23. The molecule has 1 aromatic heterocycles. The van der Waals surface area contributed by atoms with Crippen LogP contribution in [-0.2, 0) is 20.1 Å². The van der Waals surface area contributed by atoms with Crippen molar-refractivity contribution in [3.8, 4) is 0 Å². The highest BCUT2D eigenvalue weighted by Gasteiger charge is 2.09. The van der Waals surface area contributed by atoms with E-state index in [0.29, 0.717) is 6.54 Å². The Balaban J connectivity index is 0.00000312. The van der Waals surface area contributed by atoms with Crippen LogP contribution in [0.5, 0.6) is 0 Å². The van der Waals surface area contributed by atoms with E-state index in [1.807, 2.05) is 32.7 Å². The summed E-state index contributed by atoms with van der Waals surface area (Å²) in [6.45, 7) is 5.56. The number of hydrogen-bond acceptors (Lipinski definition) is 3. The molecule has 0 bridgehead atoms. The molecule has 0 aliphatic heterocycles. The average molecular weight is 456 g/mol. The first kappa shape index (κ1) is 21.3. The minimum Gasteiger partial charge on any atom is -0.378 e. The van der Waals surface area contributed by atoms with E-state index in [1.165, 1.54) is 22.5 Å². The largest absolute Gasteiger partial charge is 0.378 e. The third-order valence-electron chi connectivity index (χ3n) is 4.23. The fraction of sp³-hybridized carbons (Fsp3) is 0.444. The Morgan fingerprint density at radius 1 is 1.12 bits per heavy atom. The van der Waals surface area contributed by atoms with Gasteiger partial charge in [0.25, 0.3) is 0 Å². The number of guanidine groups is 1. The molecular weight excluding hydrogens is 427 g/mol. The molecule has 0 saturated heterocycles. The van der Waals surface area contributed by atoms with Crippen molar-refractivity contribution in [2.75, 3.05) is 26.0 Å². The first-order chi connectivity index (χ1) is 11.4. The molecule has 0 fully saturated rings. The van der Waals surface area contributed by atoms with Gasteiger partial charge in [-0.15, -0.1) is 24.0 Å². The van der Waals surface area contributed by atoms with Gasteiger partial charge in [-0.3, -0.25) is 9.67 Å². The highest BCUT2D eigenvalue weighted by molar-refractivity contribution is 14.0. The molecule has 0 aliphatic rings. The fourth-order valence-corrected chi connectivity index (χ4v) is 2.56. The standard InChI is InChI=1S/C18H28N6.HI/c1-13-17(14(2)24(6)22-13)12-21-18(19-3)20-11-15-7-9-16(10-8-15)23(4)5;/h7-10H,11-12H2,1-6H3,(H2,19,20,21);1H. The molecule has 2 N–H and O–H groups in total. The van der Waals surface area contributed by atoms with E-state index in [0.717, 1.165) is 18.2 Å². The van der Waals surface area contributed by atoms with E-state index in [1.54, 1.807) is 7.05 Å². The maximum atomic E-state index is 4.44. The Hall–Kier alpha value is -1.77. The summed E-state index contributed by atoms with van der Waals surface area (Å²) in [4.78, 5) is 6.38. The number of benzene rings is 1. The molecular formula is C18H29IN6. The average Bonchev–Trinajstić information content (AvgIpc) is 2.81. The molecule has 0 saturated carbocycles. The Kier molecular flexibility index (Phi) is 8.21. The predicted molar refractivity (Wildman–Crippen MR) is 116 cm³/mol. The van der Waals surface area contributed by atoms with Crippen LogP contribution in [0.25, 0.3) is 0 Å². The summed E-state index contributed by atoms with van der Waals surface area (Å²) in [6.07, 6.45) is 0. The molecule has 7 heteroatoms. The minimum absolute atomic E-state index is 0. The van der Waals surface area contributed by atoms with Crippen molar-refractivity contribution in [3.05, 3.63) is 46.8 Å². The van der Waals surface area contributed by atoms with E-state index >= 15 is 0 Å². The maximum Gasteiger partial charge on any atom is 0.191 e. The van der Waals surface area contributed by atoms with Crippen LogP contribution in [0.15, 0.2) is 29.3 Å². The second kappa shape index (κ2) is 9.65. The molecule has 0 radical (unpaired) electrons. The number of nitrogens with one attached hydrogen (secondary N) is 2. The first-order valence-electron chi connectivity index (χ1n) is 8.12. The van der Waals surface area contributed by atoms with Gasteiger partial charge in [0.05, 0.1) is 5.69 Å². The summed E-state index contributed by atoms with van der Waals surface area (Å²) in [5.41, 5.74) is 5.86. The van der Waals surface area contributed by atoms with Gasteiger partial charge in [0.15, 0.2) is 5.96 Å². The van der Waals surface area contributed by atoms with Gasteiger partial charge in [0, 0.05) is 58.2 Å². The predicted octanol–water partition coefficient (Wildman–Crippen LogP) is 2.59. The smallest absolute Gasteiger partial charge is 0.191 e. The van der Waals surface area contributed by atoms with Crippen LogP contribution in [0, 0.1) is 13.8 Å². The van der Waals surface area contributed by atoms with Crippen molar-refractivity contribution >= 4 is 35.6 Å². The lowest BCUT2D eigenvalue weighted by Gasteiger charge is -2.14. The van der Waals surface area contributed by atoms with E-state index in [2.05, 4.69) is 56.8 Å². The van der Waals surface area contributed by atoms with Crippen molar-refractivity contribution in [3.63, 3.8) is 0 Å². The Morgan fingerprint density at radius 2 is 1.72 bits per heavy atom. The van der Waals surface area contributed by atoms with Crippen LogP contribution in [0.4, 0.5) is 5.69 Å². The molecule has 2 rings (SSSR count). The summed E-state index contributed by atoms with van der Waals surface area (Å²) in [7, 11) is 7.84. The zero-order valence-corrected chi connectivity index (χ0v) is 18.3. The van der Waals surface area contributed by atoms with Crippen molar-refractivity contribution in [1.82, 2.24) is 20.4 Å². The second-order valence-corrected chi connectivity index (χ2v) is 6.11. The van der Waals surface area contributed by atoms with Gasteiger partial charge in [-0.25, -0.2) is 0 Å².